The van der Waals surface area contributed by atoms with Gasteiger partial charge in [-0.15, -0.1) is 0 Å². The maximum atomic E-state index is 14.1. The van der Waals surface area contributed by atoms with Crippen molar-refractivity contribution in [3.8, 4) is 0 Å². The lowest BCUT2D eigenvalue weighted by atomic mass is 9.93. The van der Waals surface area contributed by atoms with E-state index >= 15 is 0 Å². The quantitative estimate of drug-likeness (QED) is 0.211. The van der Waals surface area contributed by atoms with Crippen molar-refractivity contribution in [2.45, 2.75) is 166 Å². The average molecular weight is 853 g/mol. The molecule has 4 rings (SSSR count). The Balaban J connectivity index is 1.71. The van der Waals surface area contributed by atoms with Gasteiger partial charge in [-0.05, 0) is 54.4 Å². The molecule has 2 aromatic heterocycles. The van der Waals surface area contributed by atoms with Crippen LogP contribution in [-0.4, -0.2) is 93.6 Å². The van der Waals surface area contributed by atoms with E-state index in [1.54, 1.807) is 0 Å². The molecule has 0 aromatic carbocycles. The number of carbonyl (C=O) groups excluding carboxylic acids is 1. The van der Waals surface area contributed by atoms with Gasteiger partial charge in [0.1, 0.15) is 18.3 Å². The molecule has 0 unspecified atom stereocenters. The largest absolute Gasteiger partial charge is 0.409 e. The van der Waals surface area contributed by atoms with Crippen LogP contribution in [0.4, 0.5) is 0 Å². The van der Waals surface area contributed by atoms with E-state index in [9.17, 15) is 24.0 Å². The Bertz CT molecular complexity index is 1970. The third-order valence-corrected chi connectivity index (χ3v) is 26.3. The van der Waals surface area contributed by atoms with Crippen LogP contribution >= 0.6 is 0 Å². The first-order valence-corrected chi connectivity index (χ1v) is 28.6. The maximum Gasteiger partial charge on any atom is 0.330 e. The number of amides is 1. The predicted octanol–water partition coefficient (Wildman–Crippen LogP) is 4.13. The van der Waals surface area contributed by atoms with Crippen LogP contribution in [0.3, 0.4) is 0 Å². The summed E-state index contributed by atoms with van der Waals surface area (Å²) in [6.07, 6.45) is -2.79. The van der Waals surface area contributed by atoms with Gasteiger partial charge in [-0.1, -0.05) is 62.3 Å². The monoisotopic (exact) mass is 852 g/mol. The van der Waals surface area contributed by atoms with Crippen molar-refractivity contribution in [3.05, 3.63) is 66.2 Å². The van der Waals surface area contributed by atoms with Gasteiger partial charge >= 0.3 is 11.4 Å². The number of rotatable bonds is 13. The Morgan fingerprint density at radius 2 is 1.07 bits per heavy atom. The molecule has 2 aliphatic heterocycles. The molecule has 1 amide bonds. The highest BCUT2D eigenvalue weighted by Gasteiger charge is 2.55. The topological polar surface area (TPSA) is 211 Å². The number of H-pyrrole nitrogens is 2. The van der Waals surface area contributed by atoms with Gasteiger partial charge in [0.25, 0.3) is 11.1 Å². The van der Waals surface area contributed by atoms with Gasteiger partial charge in [-0.25, -0.2) is 9.59 Å². The highest BCUT2D eigenvalue weighted by atomic mass is 28.4. The lowest BCUT2D eigenvalue weighted by Crippen LogP contribution is -2.55. The molecule has 2 fully saturated rings. The summed E-state index contributed by atoms with van der Waals surface area (Å²) in [7, 11) is -7.57. The van der Waals surface area contributed by atoms with Gasteiger partial charge in [0.2, 0.25) is 5.91 Å². The zero-order chi connectivity index (χ0) is 43.3. The zero-order valence-electron chi connectivity index (χ0n) is 36.6. The summed E-state index contributed by atoms with van der Waals surface area (Å²) in [5.74, 6) is -0.889. The van der Waals surface area contributed by atoms with Crippen molar-refractivity contribution in [2.24, 2.45) is 11.7 Å². The van der Waals surface area contributed by atoms with Crippen LogP contribution in [0.5, 0.6) is 0 Å². The number of nitrogens with one attached hydrogen (secondary N) is 3. The second-order valence-corrected chi connectivity index (χ2v) is 34.4. The molecule has 5 N–H and O–H groups in total. The summed E-state index contributed by atoms with van der Waals surface area (Å²) in [6, 6.07) is 2.51. The van der Waals surface area contributed by atoms with Crippen molar-refractivity contribution in [1.29, 1.82) is 0 Å². The van der Waals surface area contributed by atoms with Crippen LogP contribution in [0.15, 0.2) is 43.7 Å². The van der Waals surface area contributed by atoms with Gasteiger partial charge in [-0.3, -0.25) is 33.5 Å². The zero-order valence-corrected chi connectivity index (χ0v) is 39.6. The molecule has 4 heterocycles. The second kappa shape index (κ2) is 16.7. The molecule has 57 heavy (non-hydrogen) atoms. The van der Waals surface area contributed by atoms with Crippen molar-refractivity contribution < 1.29 is 27.5 Å². The van der Waals surface area contributed by atoms with Crippen molar-refractivity contribution >= 4 is 30.9 Å². The number of carbonyl (C=O) groups is 1. The van der Waals surface area contributed by atoms with Gasteiger partial charge in [-0.2, -0.15) is 0 Å². The predicted molar refractivity (Wildman–Crippen MR) is 227 cm³/mol. The van der Waals surface area contributed by atoms with Crippen molar-refractivity contribution in [2.75, 3.05) is 13.1 Å². The molecule has 0 radical (unpaired) electrons. The fourth-order valence-electron chi connectivity index (χ4n) is 6.30. The number of nitrogens with zero attached hydrogens (tertiary/aromatic N) is 2. The fourth-order valence-corrected chi connectivity index (χ4v) is 10.2. The number of aromatic nitrogens is 4. The number of nitrogens with two attached hydrogens (primary N) is 1. The van der Waals surface area contributed by atoms with E-state index in [1.807, 2.05) is 0 Å². The van der Waals surface area contributed by atoms with E-state index in [2.05, 4.69) is 117 Å². The number of ether oxygens (including phenoxy) is 2. The van der Waals surface area contributed by atoms with Crippen LogP contribution in [0.1, 0.15) is 81.2 Å². The van der Waals surface area contributed by atoms with E-state index in [0.717, 1.165) is 0 Å². The Labute approximate surface area is 339 Å². The Morgan fingerprint density at radius 3 is 1.47 bits per heavy atom. The molecule has 0 spiro atoms. The number of hydrogen-bond donors (Lipinski definition) is 4. The average Bonchev–Trinajstić information content (AvgIpc) is 3.54. The van der Waals surface area contributed by atoms with Crippen LogP contribution in [0.2, 0.25) is 54.4 Å². The Morgan fingerprint density at radius 1 is 0.684 bits per heavy atom. The molecule has 19 heteroatoms. The molecule has 8 atom stereocenters. The standard InChI is InChI=1S/C38H68N6O10Si3/c1-36(2,3)55(10,11)52-29-23(24(21-39)50-32(29)43-18-16-26(45)41-34(43)48)20-28(47)40-22-25-30(53-56(12,13)37(4,5)6)31(54-57(14,15)38(7,8)9)33(51-25)44-19-17-27(46)42-35(44)49/h16-19,23-25,29-33H,20-22,39H2,1-15H3,(H,40,47)(H,41,45,48)(H,42,46,49)/t23-,24-,25-,29-,30-,31-,32-,33-/m1/s1. The molecular formula is C38H68N6O10Si3. The number of hydrogen-bond acceptors (Lipinski definition) is 11. The molecule has 2 aliphatic rings. The first kappa shape index (κ1) is 46.9. The summed E-state index contributed by atoms with van der Waals surface area (Å²) < 4.78 is 36.8. The number of aromatic amines is 2. The molecule has 322 valence electrons. The minimum Gasteiger partial charge on any atom is -0.409 e. The Kier molecular flexibility index (Phi) is 13.8. The summed E-state index contributed by atoms with van der Waals surface area (Å²) in [4.78, 5) is 69.2. The lowest BCUT2D eigenvalue weighted by Gasteiger charge is -2.44. The molecule has 0 aliphatic carbocycles. The van der Waals surface area contributed by atoms with E-state index < -0.39 is 96.3 Å². The van der Waals surface area contributed by atoms with Gasteiger partial charge in [0.15, 0.2) is 37.4 Å². The first-order chi connectivity index (χ1) is 25.9. The van der Waals surface area contributed by atoms with Crippen LogP contribution < -0.4 is 33.5 Å². The summed E-state index contributed by atoms with van der Waals surface area (Å²) in [5, 5.41) is 2.46. The maximum absolute atomic E-state index is 14.1. The molecule has 2 aromatic rings. The highest BCUT2D eigenvalue weighted by Crippen LogP contribution is 2.47. The molecular weight excluding hydrogens is 785 g/mol. The normalized spacial score (nSPS) is 26.5. The molecule has 0 saturated carbocycles. The smallest absolute Gasteiger partial charge is 0.330 e. The van der Waals surface area contributed by atoms with Gasteiger partial charge in [0.05, 0.1) is 12.2 Å². The van der Waals surface area contributed by atoms with Crippen LogP contribution in [-0.2, 0) is 27.5 Å². The van der Waals surface area contributed by atoms with Gasteiger partial charge < -0.3 is 33.8 Å². The second-order valence-electron chi connectivity index (χ2n) is 20.1. The molecule has 2 saturated heterocycles. The van der Waals surface area contributed by atoms with E-state index in [-0.39, 0.29) is 40.5 Å². The van der Waals surface area contributed by atoms with Crippen LogP contribution in [0.25, 0.3) is 0 Å². The fraction of sp³-hybridized carbons (Fsp3) is 0.763. The van der Waals surface area contributed by atoms with Crippen molar-refractivity contribution in [1.82, 2.24) is 24.4 Å². The summed E-state index contributed by atoms with van der Waals surface area (Å²) in [6.45, 7) is 31.8. The minimum absolute atomic E-state index is 0.0154. The van der Waals surface area contributed by atoms with E-state index in [0.29, 0.717) is 0 Å². The van der Waals surface area contributed by atoms with E-state index in [1.165, 1.54) is 33.7 Å². The SMILES string of the molecule is CC(C)(C)[Si](C)(C)O[C@@H]1[C@H](CC(=O)NC[C@H]2O[C@@H](n3ccc(=O)[nH]c3=O)[C@H](O[Si](C)(C)C(C)(C)C)[C@@H]2O[Si](C)(C)C(C)(C)C)[C@@H](CN)O[C@H]1n1ccc(=O)[nH]c1=O. The third kappa shape index (κ3) is 10.3. The molecule has 0 bridgehead atoms. The molecule has 16 nitrogen and oxygen atoms in total. The van der Waals surface area contributed by atoms with Gasteiger partial charge in [0, 0.05) is 50.0 Å². The van der Waals surface area contributed by atoms with Crippen molar-refractivity contribution in [3.63, 3.8) is 0 Å². The van der Waals surface area contributed by atoms with E-state index in [4.69, 9.17) is 28.5 Å². The summed E-state index contributed by atoms with van der Waals surface area (Å²) >= 11 is 0. The Hall–Kier alpha value is -2.76. The summed E-state index contributed by atoms with van der Waals surface area (Å²) in [5.41, 5.74) is 3.86. The highest BCUT2D eigenvalue weighted by molar-refractivity contribution is 6.75. The third-order valence-electron chi connectivity index (χ3n) is 12.9. The minimum atomic E-state index is -2.53. The first-order valence-electron chi connectivity index (χ1n) is 19.8. The van der Waals surface area contributed by atoms with Crippen LogP contribution in [0, 0.1) is 5.92 Å². The lowest BCUT2D eigenvalue weighted by molar-refractivity contribution is -0.124.